The van der Waals surface area contributed by atoms with Crippen molar-refractivity contribution in [3.05, 3.63) is 51.1 Å². The van der Waals surface area contributed by atoms with Gasteiger partial charge in [-0.25, -0.2) is 4.68 Å². The maximum absolute atomic E-state index is 13.3. The molecular formula is C23H30N6O. The van der Waals surface area contributed by atoms with Gasteiger partial charge in [0.05, 0.1) is 11.6 Å². The fraction of sp³-hybridized carbons (Fsp3) is 0.565. The molecule has 2 aliphatic rings. The fourth-order valence-corrected chi connectivity index (χ4v) is 5.26. The van der Waals surface area contributed by atoms with Gasteiger partial charge in [0.1, 0.15) is 6.04 Å². The van der Waals surface area contributed by atoms with E-state index in [0.717, 1.165) is 66.6 Å². The molecule has 30 heavy (non-hydrogen) atoms. The van der Waals surface area contributed by atoms with Crippen molar-refractivity contribution < 1.29 is 0 Å². The molecule has 1 aliphatic heterocycles. The number of aryl methyl sites for hydroxylation is 2. The van der Waals surface area contributed by atoms with Crippen LogP contribution in [0.1, 0.15) is 79.5 Å². The lowest BCUT2D eigenvalue weighted by Crippen LogP contribution is -2.38. The molecule has 3 heterocycles. The van der Waals surface area contributed by atoms with Gasteiger partial charge in [0.15, 0.2) is 5.82 Å². The van der Waals surface area contributed by atoms with E-state index in [4.69, 9.17) is 0 Å². The number of pyridine rings is 1. The Morgan fingerprint density at radius 2 is 1.77 bits per heavy atom. The van der Waals surface area contributed by atoms with Crippen LogP contribution in [0.5, 0.6) is 0 Å². The molecule has 0 unspecified atom stereocenters. The Bertz CT molecular complexity index is 1100. The van der Waals surface area contributed by atoms with E-state index < -0.39 is 0 Å². The normalized spacial score (nSPS) is 19.5. The molecule has 1 saturated heterocycles. The van der Waals surface area contributed by atoms with E-state index in [1.165, 1.54) is 24.8 Å². The minimum Gasteiger partial charge on any atom is -0.321 e. The number of aromatic nitrogens is 5. The summed E-state index contributed by atoms with van der Waals surface area (Å²) in [4.78, 5) is 18.9. The Hall–Kier alpha value is -2.54. The lowest BCUT2D eigenvalue weighted by molar-refractivity contribution is 0.174. The summed E-state index contributed by atoms with van der Waals surface area (Å²) >= 11 is 0. The number of tetrazole rings is 1. The van der Waals surface area contributed by atoms with Crippen LogP contribution in [0.2, 0.25) is 0 Å². The average molecular weight is 407 g/mol. The van der Waals surface area contributed by atoms with Crippen molar-refractivity contribution in [2.75, 3.05) is 13.1 Å². The van der Waals surface area contributed by atoms with Crippen molar-refractivity contribution in [3.8, 4) is 0 Å². The number of benzene rings is 1. The van der Waals surface area contributed by atoms with Crippen LogP contribution in [0, 0.1) is 13.8 Å². The van der Waals surface area contributed by atoms with Crippen LogP contribution in [0.3, 0.4) is 0 Å². The highest BCUT2D eigenvalue weighted by atomic mass is 16.1. The summed E-state index contributed by atoms with van der Waals surface area (Å²) < 4.78 is 2.01. The molecule has 0 spiro atoms. The minimum atomic E-state index is -0.214. The molecule has 1 saturated carbocycles. The van der Waals surface area contributed by atoms with E-state index in [9.17, 15) is 4.79 Å². The van der Waals surface area contributed by atoms with Crippen LogP contribution in [-0.2, 0) is 0 Å². The molecule has 7 heteroatoms. The van der Waals surface area contributed by atoms with E-state index in [-0.39, 0.29) is 11.6 Å². The molecule has 3 aromatic rings. The number of aromatic amines is 1. The van der Waals surface area contributed by atoms with Gasteiger partial charge in [0, 0.05) is 10.9 Å². The first kappa shape index (κ1) is 19.4. The SMILES string of the molecule is Cc1ccc(C)c2[nH]c(=O)c([C@@H](c3nnnn3C3CCCC3)N3CCCCC3)cc12. The molecule has 1 N–H and O–H groups in total. The Morgan fingerprint density at radius 1 is 1.03 bits per heavy atom. The zero-order valence-corrected chi connectivity index (χ0v) is 17.9. The van der Waals surface area contributed by atoms with Gasteiger partial charge in [-0.1, -0.05) is 31.4 Å². The van der Waals surface area contributed by atoms with Crippen molar-refractivity contribution >= 4 is 10.9 Å². The number of fused-ring (bicyclic) bond motifs is 1. The van der Waals surface area contributed by atoms with Crippen molar-refractivity contribution in [1.82, 2.24) is 30.1 Å². The third-order valence-corrected chi connectivity index (χ3v) is 6.96. The Labute approximate surface area is 176 Å². The van der Waals surface area contributed by atoms with E-state index >= 15 is 0 Å². The van der Waals surface area contributed by atoms with Crippen LogP contribution >= 0.6 is 0 Å². The van der Waals surface area contributed by atoms with E-state index in [2.05, 4.69) is 50.5 Å². The maximum Gasteiger partial charge on any atom is 0.253 e. The van der Waals surface area contributed by atoms with Crippen LogP contribution in [-0.4, -0.2) is 43.2 Å². The van der Waals surface area contributed by atoms with Crippen molar-refractivity contribution in [1.29, 1.82) is 0 Å². The molecule has 1 aromatic carbocycles. The monoisotopic (exact) mass is 406 g/mol. The summed E-state index contributed by atoms with van der Waals surface area (Å²) in [6.45, 7) is 6.07. The summed E-state index contributed by atoms with van der Waals surface area (Å²) in [5.74, 6) is 0.818. The third-order valence-electron chi connectivity index (χ3n) is 6.96. The highest BCUT2D eigenvalue weighted by Gasteiger charge is 2.33. The van der Waals surface area contributed by atoms with Crippen LogP contribution in [0.4, 0.5) is 0 Å². The maximum atomic E-state index is 13.3. The van der Waals surface area contributed by atoms with Crippen molar-refractivity contribution in [3.63, 3.8) is 0 Å². The van der Waals surface area contributed by atoms with E-state index in [1.54, 1.807) is 0 Å². The summed E-state index contributed by atoms with van der Waals surface area (Å²) in [6, 6.07) is 6.40. The smallest absolute Gasteiger partial charge is 0.253 e. The van der Waals surface area contributed by atoms with Gasteiger partial charge < -0.3 is 4.98 Å². The predicted molar refractivity (Wildman–Crippen MR) is 117 cm³/mol. The summed E-state index contributed by atoms with van der Waals surface area (Å²) in [6.07, 6.45) is 8.18. The number of hydrogen-bond donors (Lipinski definition) is 1. The number of nitrogens with one attached hydrogen (secondary N) is 1. The number of likely N-dealkylation sites (tertiary alicyclic amines) is 1. The molecule has 7 nitrogen and oxygen atoms in total. The van der Waals surface area contributed by atoms with Crippen LogP contribution in [0.25, 0.3) is 10.9 Å². The molecule has 158 valence electrons. The number of rotatable bonds is 4. The molecule has 1 aliphatic carbocycles. The molecule has 2 fully saturated rings. The van der Waals surface area contributed by atoms with Crippen LogP contribution < -0.4 is 5.56 Å². The Kier molecular flexibility index (Phi) is 5.15. The first-order valence-electron chi connectivity index (χ1n) is 11.3. The average Bonchev–Trinajstić information content (AvgIpc) is 3.45. The van der Waals surface area contributed by atoms with E-state index in [1.807, 2.05) is 11.6 Å². The molecule has 5 rings (SSSR count). The van der Waals surface area contributed by atoms with Gasteiger partial charge in [-0.3, -0.25) is 9.69 Å². The fourth-order valence-electron chi connectivity index (χ4n) is 5.26. The van der Waals surface area contributed by atoms with E-state index in [0.29, 0.717) is 6.04 Å². The number of H-pyrrole nitrogens is 1. The lowest BCUT2D eigenvalue weighted by Gasteiger charge is -2.34. The van der Waals surface area contributed by atoms with Gasteiger partial charge in [-0.2, -0.15) is 0 Å². The molecule has 2 aromatic heterocycles. The van der Waals surface area contributed by atoms with Gasteiger partial charge in [0.25, 0.3) is 5.56 Å². The number of hydrogen-bond acceptors (Lipinski definition) is 5. The molecule has 0 bridgehead atoms. The second-order valence-corrected chi connectivity index (χ2v) is 8.96. The van der Waals surface area contributed by atoms with Gasteiger partial charge in [-0.15, -0.1) is 5.10 Å². The zero-order valence-electron chi connectivity index (χ0n) is 17.9. The quantitative estimate of drug-likeness (QED) is 0.712. The van der Waals surface area contributed by atoms with Gasteiger partial charge in [-0.05, 0) is 80.2 Å². The second kappa shape index (κ2) is 7.95. The summed E-state index contributed by atoms with van der Waals surface area (Å²) in [7, 11) is 0. The second-order valence-electron chi connectivity index (χ2n) is 8.96. The number of nitrogens with zero attached hydrogens (tertiary/aromatic N) is 5. The largest absolute Gasteiger partial charge is 0.321 e. The van der Waals surface area contributed by atoms with Crippen molar-refractivity contribution in [2.45, 2.75) is 70.9 Å². The molecule has 0 radical (unpaired) electrons. The molecular weight excluding hydrogens is 376 g/mol. The highest BCUT2D eigenvalue weighted by Crippen LogP contribution is 2.35. The third kappa shape index (κ3) is 3.35. The summed E-state index contributed by atoms with van der Waals surface area (Å²) in [5.41, 5.74) is 3.90. The first-order chi connectivity index (χ1) is 14.6. The Balaban J connectivity index is 1.68. The zero-order chi connectivity index (χ0) is 20.7. The number of piperidine rings is 1. The first-order valence-corrected chi connectivity index (χ1v) is 11.3. The summed E-state index contributed by atoms with van der Waals surface area (Å²) in [5, 5.41) is 14.0. The topological polar surface area (TPSA) is 79.7 Å². The Morgan fingerprint density at radius 3 is 2.53 bits per heavy atom. The highest BCUT2D eigenvalue weighted by molar-refractivity contribution is 5.85. The van der Waals surface area contributed by atoms with Gasteiger partial charge >= 0.3 is 0 Å². The minimum absolute atomic E-state index is 0.0345. The lowest BCUT2D eigenvalue weighted by atomic mass is 9.98. The van der Waals surface area contributed by atoms with Gasteiger partial charge in [0.2, 0.25) is 0 Å². The predicted octanol–water partition coefficient (Wildman–Crippen LogP) is 3.82. The molecule has 0 amide bonds. The van der Waals surface area contributed by atoms with Crippen LogP contribution in [0.15, 0.2) is 23.0 Å². The van der Waals surface area contributed by atoms with Crippen molar-refractivity contribution in [2.24, 2.45) is 0 Å². The molecule has 1 atom stereocenters. The standard InChI is InChI=1S/C23H30N6O/c1-15-10-11-16(2)20-18(15)14-19(23(30)24-20)21(28-12-6-3-7-13-28)22-25-26-27-29(22)17-8-4-5-9-17/h10-11,14,17,21H,3-9,12-13H2,1-2H3,(H,24,30)/t21-/m0/s1.